The quantitative estimate of drug-likeness (QED) is 0.304. The number of fused-ring (bicyclic) bond motifs is 1. The summed E-state index contributed by atoms with van der Waals surface area (Å²) in [6.07, 6.45) is 0. The van der Waals surface area contributed by atoms with Crippen LogP contribution in [0.2, 0.25) is 10.0 Å². The first kappa shape index (κ1) is 22.3. The fourth-order valence-electron chi connectivity index (χ4n) is 3.15. The van der Waals surface area contributed by atoms with E-state index in [1.807, 2.05) is 12.1 Å². The minimum atomic E-state index is -0.454. The monoisotopic (exact) mass is 483 g/mol. The summed E-state index contributed by atoms with van der Waals surface area (Å²) in [6.45, 7) is 4.30. The molecule has 0 saturated carbocycles. The standard InChI is InChI=1S/C24H19Cl2N3O2S/c1-13(2)14-6-8-15(9-7-14)23-28-19-12-16(10-11-20(19)31-23)27-24(32)29-22(30)17-4-3-5-18(25)21(17)26/h3-13H,1-2H3,(H2,27,29,30,32). The van der Waals surface area contributed by atoms with Gasteiger partial charge in [-0.1, -0.05) is 55.2 Å². The molecule has 0 unspecified atom stereocenters. The maximum absolute atomic E-state index is 12.4. The molecule has 2 N–H and O–H groups in total. The lowest BCUT2D eigenvalue weighted by Gasteiger charge is -2.10. The van der Waals surface area contributed by atoms with Crippen LogP contribution in [-0.4, -0.2) is 16.0 Å². The molecule has 4 rings (SSSR count). The summed E-state index contributed by atoms with van der Waals surface area (Å²) in [6, 6.07) is 18.4. The lowest BCUT2D eigenvalue weighted by molar-refractivity contribution is 0.0978. The zero-order valence-electron chi connectivity index (χ0n) is 17.3. The smallest absolute Gasteiger partial charge is 0.258 e. The second-order valence-corrected chi connectivity index (χ2v) is 8.68. The number of aromatic nitrogens is 1. The average molecular weight is 484 g/mol. The van der Waals surface area contributed by atoms with Gasteiger partial charge in [0.05, 0.1) is 15.6 Å². The summed E-state index contributed by atoms with van der Waals surface area (Å²) in [4.78, 5) is 17.0. The zero-order valence-corrected chi connectivity index (χ0v) is 19.6. The first-order valence-corrected chi connectivity index (χ1v) is 11.1. The Labute approximate surface area is 200 Å². The van der Waals surface area contributed by atoms with Crippen molar-refractivity contribution in [1.29, 1.82) is 0 Å². The van der Waals surface area contributed by atoms with Gasteiger partial charge in [-0.25, -0.2) is 4.98 Å². The average Bonchev–Trinajstić information content (AvgIpc) is 3.19. The molecule has 8 heteroatoms. The number of anilines is 1. The number of hydrogen-bond acceptors (Lipinski definition) is 4. The van der Waals surface area contributed by atoms with Gasteiger partial charge >= 0.3 is 0 Å². The van der Waals surface area contributed by atoms with Crippen molar-refractivity contribution in [2.24, 2.45) is 0 Å². The lowest BCUT2D eigenvalue weighted by atomic mass is 10.0. The van der Waals surface area contributed by atoms with E-state index in [0.717, 1.165) is 5.56 Å². The van der Waals surface area contributed by atoms with Gasteiger partial charge in [0, 0.05) is 11.3 Å². The van der Waals surface area contributed by atoms with Crippen molar-refractivity contribution in [2.75, 3.05) is 5.32 Å². The van der Waals surface area contributed by atoms with Crippen molar-refractivity contribution in [1.82, 2.24) is 10.3 Å². The molecule has 1 aromatic heterocycles. The molecule has 0 aliphatic heterocycles. The van der Waals surface area contributed by atoms with Crippen LogP contribution in [0.3, 0.4) is 0 Å². The van der Waals surface area contributed by atoms with Crippen molar-refractivity contribution >= 4 is 63.2 Å². The minimum Gasteiger partial charge on any atom is -0.436 e. The highest BCUT2D eigenvalue weighted by molar-refractivity contribution is 7.80. The number of thiocarbonyl (C=S) groups is 1. The molecule has 1 amide bonds. The highest BCUT2D eigenvalue weighted by Gasteiger charge is 2.15. The number of halogens is 2. The highest BCUT2D eigenvalue weighted by Crippen LogP contribution is 2.28. The molecule has 162 valence electrons. The first-order chi connectivity index (χ1) is 15.3. The summed E-state index contributed by atoms with van der Waals surface area (Å²) in [5.74, 6) is 0.545. The molecule has 0 bridgehead atoms. The Balaban J connectivity index is 1.48. The first-order valence-electron chi connectivity index (χ1n) is 9.89. The van der Waals surface area contributed by atoms with E-state index in [0.29, 0.717) is 33.6 Å². The van der Waals surface area contributed by atoms with E-state index in [2.05, 4.69) is 41.6 Å². The zero-order chi connectivity index (χ0) is 22.8. The molecule has 0 fully saturated rings. The molecular formula is C24H19Cl2N3O2S. The topological polar surface area (TPSA) is 67.2 Å². The van der Waals surface area contributed by atoms with Crippen LogP contribution >= 0.6 is 35.4 Å². The summed E-state index contributed by atoms with van der Waals surface area (Å²) in [5.41, 5.74) is 4.38. The fourth-order valence-corrected chi connectivity index (χ4v) is 3.75. The highest BCUT2D eigenvalue weighted by atomic mass is 35.5. The van der Waals surface area contributed by atoms with Gasteiger partial charge in [-0.05, 0) is 66.2 Å². The number of amides is 1. The third-order valence-corrected chi connectivity index (χ3v) is 5.92. The van der Waals surface area contributed by atoms with Crippen LogP contribution in [0.4, 0.5) is 5.69 Å². The Morgan fingerprint density at radius 3 is 2.53 bits per heavy atom. The van der Waals surface area contributed by atoms with Gasteiger partial charge < -0.3 is 9.73 Å². The van der Waals surface area contributed by atoms with Gasteiger partial charge in [-0.3, -0.25) is 10.1 Å². The van der Waals surface area contributed by atoms with Crippen molar-refractivity contribution in [2.45, 2.75) is 19.8 Å². The minimum absolute atomic E-state index is 0.124. The summed E-state index contributed by atoms with van der Waals surface area (Å²) >= 11 is 17.3. The second-order valence-electron chi connectivity index (χ2n) is 7.49. The Hall–Kier alpha value is -2.93. The molecule has 3 aromatic carbocycles. The van der Waals surface area contributed by atoms with Crippen LogP contribution < -0.4 is 10.6 Å². The third kappa shape index (κ3) is 4.78. The fraction of sp³-hybridized carbons (Fsp3) is 0.125. The van der Waals surface area contributed by atoms with E-state index in [4.69, 9.17) is 39.8 Å². The lowest BCUT2D eigenvalue weighted by Crippen LogP contribution is -2.34. The Bertz CT molecular complexity index is 1320. The van der Waals surface area contributed by atoms with E-state index in [1.54, 1.807) is 36.4 Å². The van der Waals surface area contributed by atoms with Crippen molar-refractivity contribution in [3.63, 3.8) is 0 Å². The molecule has 0 saturated heterocycles. The van der Waals surface area contributed by atoms with Gasteiger partial charge in [-0.2, -0.15) is 0 Å². The normalized spacial score (nSPS) is 11.0. The van der Waals surface area contributed by atoms with Crippen LogP contribution in [-0.2, 0) is 0 Å². The van der Waals surface area contributed by atoms with Gasteiger partial charge in [0.2, 0.25) is 5.89 Å². The van der Waals surface area contributed by atoms with E-state index in [-0.39, 0.29) is 15.7 Å². The molecule has 5 nitrogen and oxygen atoms in total. The number of rotatable bonds is 4. The number of nitrogens with one attached hydrogen (secondary N) is 2. The summed E-state index contributed by atoms with van der Waals surface area (Å²) in [5, 5.41) is 6.17. The Morgan fingerprint density at radius 1 is 1.06 bits per heavy atom. The maximum Gasteiger partial charge on any atom is 0.258 e. The van der Waals surface area contributed by atoms with E-state index >= 15 is 0 Å². The van der Waals surface area contributed by atoms with Gasteiger partial charge in [0.15, 0.2) is 10.7 Å². The van der Waals surface area contributed by atoms with Crippen molar-refractivity contribution < 1.29 is 9.21 Å². The number of hydrogen-bond donors (Lipinski definition) is 2. The van der Waals surface area contributed by atoms with Crippen molar-refractivity contribution in [3.05, 3.63) is 81.8 Å². The van der Waals surface area contributed by atoms with Gasteiger partial charge in [-0.15, -0.1) is 0 Å². The molecule has 0 radical (unpaired) electrons. The number of benzene rings is 3. The SMILES string of the molecule is CC(C)c1ccc(-c2nc3cc(NC(=S)NC(=O)c4cccc(Cl)c4Cl)ccc3o2)cc1. The Morgan fingerprint density at radius 2 is 1.81 bits per heavy atom. The Kier molecular flexibility index (Phi) is 6.46. The van der Waals surface area contributed by atoms with Crippen LogP contribution in [0.15, 0.2) is 65.1 Å². The second kappa shape index (κ2) is 9.28. The van der Waals surface area contributed by atoms with Crippen LogP contribution in [0.25, 0.3) is 22.6 Å². The molecule has 1 heterocycles. The van der Waals surface area contributed by atoms with Crippen LogP contribution in [0.5, 0.6) is 0 Å². The molecule has 0 aliphatic carbocycles. The van der Waals surface area contributed by atoms with Crippen molar-refractivity contribution in [3.8, 4) is 11.5 Å². The van der Waals surface area contributed by atoms with Gasteiger partial charge in [0.1, 0.15) is 5.52 Å². The van der Waals surface area contributed by atoms with E-state index in [9.17, 15) is 4.79 Å². The van der Waals surface area contributed by atoms with Gasteiger partial charge in [0.25, 0.3) is 5.91 Å². The molecule has 4 aromatic rings. The third-order valence-electron chi connectivity index (χ3n) is 4.89. The number of nitrogens with zero attached hydrogens (tertiary/aromatic N) is 1. The molecule has 0 spiro atoms. The van der Waals surface area contributed by atoms with Crippen LogP contribution in [0.1, 0.15) is 35.7 Å². The number of oxazole rings is 1. The number of carbonyl (C=O) groups is 1. The molecule has 32 heavy (non-hydrogen) atoms. The predicted molar refractivity (Wildman–Crippen MR) is 134 cm³/mol. The summed E-state index contributed by atoms with van der Waals surface area (Å²) in [7, 11) is 0. The molecule has 0 aliphatic rings. The summed E-state index contributed by atoms with van der Waals surface area (Å²) < 4.78 is 5.89. The number of carbonyl (C=O) groups excluding carboxylic acids is 1. The largest absolute Gasteiger partial charge is 0.436 e. The molecule has 0 atom stereocenters. The predicted octanol–water partition coefficient (Wildman–Crippen LogP) is 7.05. The molecular weight excluding hydrogens is 465 g/mol. The van der Waals surface area contributed by atoms with E-state index in [1.165, 1.54) is 5.56 Å². The maximum atomic E-state index is 12.4. The van der Waals surface area contributed by atoms with Crippen LogP contribution in [0, 0.1) is 0 Å². The van der Waals surface area contributed by atoms with E-state index < -0.39 is 5.91 Å².